The lowest BCUT2D eigenvalue weighted by Gasteiger charge is -2.11. The minimum atomic E-state index is -5.09. The minimum absolute atomic E-state index is 0.186. The van der Waals surface area contributed by atoms with Gasteiger partial charge in [0, 0.05) is 12.1 Å². The lowest BCUT2D eigenvalue weighted by molar-refractivity contribution is -0.274. The van der Waals surface area contributed by atoms with Gasteiger partial charge in [0.05, 0.1) is 16.5 Å². The van der Waals surface area contributed by atoms with Crippen molar-refractivity contribution in [2.24, 2.45) is 0 Å². The molecule has 3 aromatic rings. The van der Waals surface area contributed by atoms with Gasteiger partial charge in [0.1, 0.15) is 23.2 Å². The maximum absolute atomic E-state index is 14.1. The topological polar surface area (TPSA) is 55.0 Å². The lowest BCUT2D eigenvalue weighted by atomic mass is 10.1. The van der Waals surface area contributed by atoms with Gasteiger partial charge in [0.2, 0.25) is 0 Å². The molecule has 0 bridgehead atoms. The number of nitrogens with one attached hydrogen (secondary N) is 1. The Morgan fingerprint density at radius 3 is 2.29 bits per heavy atom. The number of alkyl halides is 3. The van der Waals surface area contributed by atoms with Crippen molar-refractivity contribution < 1.29 is 26.7 Å². The normalized spacial score (nSPS) is 11.7. The van der Waals surface area contributed by atoms with Gasteiger partial charge < -0.3 is 9.72 Å². The summed E-state index contributed by atoms with van der Waals surface area (Å²) in [6, 6.07) is 6.82. The number of fused-ring (bicyclic) bond motifs is 1. The average molecular weight is 342 g/mol. The minimum Gasteiger partial charge on any atom is -0.406 e. The molecular formula is C15H7F5N2O2. The van der Waals surface area contributed by atoms with Crippen molar-refractivity contribution in [3.8, 4) is 17.1 Å². The molecule has 24 heavy (non-hydrogen) atoms. The fourth-order valence-electron chi connectivity index (χ4n) is 2.17. The highest BCUT2D eigenvalue weighted by atomic mass is 19.4. The highest BCUT2D eigenvalue weighted by molar-refractivity contribution is 5.79. The fourth-order valence-corrected chi connectivity index (χ4v) is 2.17. The summed E-state index contributed by atoms with van der Waals surface area (Å²) in [5.74, 6) is -4.20. The summed E-state index contributed by atoms with van der Waals surface area (Å²) in [5, 5.41) is 0.207. The summed E-state index contributed by atoms with van der Waals surface area (Å²) in [5.41, 5.74) is -1.21. The molecule has 0 aliphatic rings. The third-order valence-electron chi connectivity index (χ3n) is 3.10. The molecule has 0 unspecified atom stereocenters. The molecular weight excluding hydrogens is 335 g/mol. The number of rotatable bonds is 2. The molecule has 0 saturated heterocycles. The van der Waals surface area contributed by atoms with E-state index in [1.54, 1.807) is 12.1 Å². The van der Waals surface area contributed by atoms with Crippen molar-refractivity contribution in [2.75, 3.05) is 0 Å². The molecule has 0 atom stereocenters. The smallest absolute Gasteiger partial charge is 0.406 e. The van der Waals surface area contributed by atoms with E-state index in [9.17, 15) is 26.7 Å². The van der Waals surface area contributed by atoms with Gasteiger partial charge in [-0.2, -0.15) is 0 Å². The number of para-hydroxylation sites is 1. The van der Waals surface area contributed by atoms with Crippen LogP contribution in [0.15, 0.2) is 41.2 Å². The number of benzene rings is 2. The number of hydrogen-bond donors (Lipinski definition) is 1. The van der Waals surface area contributed by atoms with Gasteiger partial charge in [-0.05, 0) is 12.1 Å². The Bertz CT molecular complexity index is 958. The van der Waals surface area contributed by atoms with E-state index in [-0.39, 0.29) is 10.9 Å². The van der Waals surface area contributed by atoms with Crippen LogP contribution in [0, 0.1) is 11.6 Å². The second kappa shape index (κ2) is 5.59. The van der Waals surface area contributed by atoms with Crippen molar-refractivity contribution in [3.05, 3.63) is 58.4 Å². The maximum Gasteiger partial charge on any atom is 0.573 e. The summed E-state index contributed by atoms with van der Waals surface area (Å²) in [6.07, 6.45) is -5.09. The highest BCUT2D eigenvalue weighted by Gasteiger charge is 2.32. The molecule has 9 heteroatoms. The van der Waals surface area contributed by atoms with Crippen molar-refractivity contribution >= 4 is 10.9 Å². The van der Waals surface area contributed by atoms with Crippen LogP contribution in [-0.2, 0) is 0 Å². The van der Waals surface area contributed by atoms with Crippen LogP contribution >= 0.6 is 0 Å². The highest BCUT2D eigenvalue weighted by Crippen LogP contribution is 2.30. The Morgan fingerprint density at radius 1 is 1.04 bits per heavy atom. The van der Waals surface area contributed by atoms with Gasteiger partial charge in [-0.25, -0.2) is 13.8 Å². The molecule has 0 spiro atoms. The van der Waals surface area contributed by atoms with Crippen LogP contribution in [0.3, 0.4) is 0 Å². The molecule has 1 aromatic heterocycles. The van der Waals surface area contributed by atoms with E-state index in [4.69, 9.17) is 0 Å². The van der Waals surface area contributed by atoms with Gasteiger partial charge >= 0.3 is 6.36 Å². The summed E-state index contributed by atoms with van der Waals surface area (Å²) in [7, 11) is 0. The number of aromatic amines is 1. The molecule has 0 amide bonds. The van der Waals surface area contributed by atoms with E-state index < -0.39 is 40.7 Å². The van der Waals surface area contributed by atoms with E-state index in [2.05, 4.69) is 14.7 Å². The fraction of sp³-hybridized carbons (Fsp3) is 0.0667. The predicted molar refractivity (Wildman–Crippen MR) is 74.4 cm³/mol. The Balaban J connectivity index is 2.15. The Labute approximate surface area is 130 Å². The third-order valence-corrected chi connectivity index (χ3v) is 3.10. The Morgan fingerprint density at radius 2 is 1.67 bits per heavy atom. The van der Waals surface area contributed by atoms with Gasteiger partial charge in [-0.3, -0.25) is 4.79 Å². The van der Waals surface area contributed by atoms with Crippen molar-refractivity contribution in [3.63, 3.8) is 0 Å². The molecule has 3 rings (SSSR count). The van der Waals surface area contributed by atoms with E-state index >= 15 is 0 Å². The average Bonchev–Trinajstić information content (AvgIpc) is 2.44. The van der Waals surface area contributed by atoms with E-state index in [0.717, 1.165) is 0 Å². The number of ether oxygens (including phenoxy) is 1. The second-order valence-electron chi connectivity index (χ2n) is 4.74. The molecule has 0 fully saturated rings. The van der Waals surface area contributed by atoms with Crippen LogP contribution in [0.5, 0.6) is 5.75 Å². The first-order chi connectivity index (χ1) is 11.2. The zero-order valence-electron chi connectivity index (χ0n) is 11.6. The zero-order chi connectivity index (χ0) is 17.5. The van der Waals surface area contributed by atoms with E-state index in [1.165, 1.54) is 12.1 Å². The lowest BCUT2D eigenvalue weighted by Crippen LogP contribution is -2.17. The number of aromatic nitrogens is 2. The summed E-state index contributed by atoms with van der Waals surface area (Å²) in [4.78, 5) is 18.1. The van der Waals surface area contributed by atoms with Gasteiger partial charge in [0.15, 0.2) is 0 Å². The zero-order valence-corrected chi connectivity index (χ0v) is 11.6. The van der Waals surface area contributed by atoms with Crippen molar-refractivity contribution in [2.45, 2.75) is 6.36 Å². The number of H-pyrrole nitrogens is 1. The Hall–Kier alpha value is -2.97. The quantitative estimate of drug-likeness (QED) is 0.722. The van der Waals surface area contributed by atoms with Gasteiger partial charge in [-0.1, -0.05) is 12.1 Å². The number of halogens is 5. The molecule has 1 N–H and O–H groups in total. The number of hydrogen-bond acceptors (Lipinski definition) is 3. The van der Waals surface area contributed by atoms with Crippen molar-refractivity contribution in [1.29, 1.82) is 0 Å². The van der Waals surface area contributed by atoms with Crippen molar-refractivity contribution in [1.82, 2.24) is 9.97 Å². The largest absolute Gasteiger partial charge is 0.573 e. The summed E-state index contributed by atoms with van der Waals surface area (Å²) in [6.45, 7) is 0. The first-order valence-electron chi connectivity index (χ1n) is 6.49. The summed E-state index contributed by atoms with van der Waals surface area (Å²) >= 11 is 0. The molecule has 0 aliphatic carbocycles. The molecule has 2 aromatic carbocycles. The summed E-state index contributed by atoms with van der Waals surface area (Å²) < 4.78 is 68.0. The third kappa shape index (κ3) is 3.05. The first kappa shape index (κ1) is 15.9. The standard InChI is InChI=1S/C15H7F5N2O2/c16-9-5-7(24-15(18,19)20)6-10(17)12(9)13-21-11-4-2-1-3-8(11)14(23)22-13/h1-6H,(H,21,22,23). The van der Waals surface area contributed by atoms with Gasteiger partial charge in [-0.15, -0.1) is 13.2 Å². The Kier molecular flexibility index (Phi) is 3.70. The van der Waals surface area contributed by atoms with Crippen LogP contribution in [0.2, 0.25) is 0 Å². The second-order valence-corrected chi connectivity index (χ2v) is 4.74. The molecule has 0 aliphatic heterocycles. The maximum atomic E-state index is 14.1. The van der Waals surface area contributed by atoms with Crippen LogP contribution in [0.4, 0.5) is 22.0 Å². The van der Waals surface area contributed by atoms with Crippen LogP contribution in [0.1, 0.15) is 0 Å². The predicted octanol–water partition coefficient (Wildman–Crippen LogP) is 3.77. The van der Waals surface area contributed by atoms with Crippen LogP contribution in [-0.4, -0.2) is 16.3 Å². The SMILES string of the molecule is O=c1[nH]c(-c2c(F)cc(OC(F)(F)F)cc2F)nc2ccccc12. The van der Waals surface area contributed by atoms with Gasteiger partial charge in [0.25, 0.3) is 5.56 Å². The number of nitrogens with zero attached hydrogens (tertiary/aromatic N) is 1. The van der Waals surface area contributed by atoms with E-state index in [0.29, 0.717) is 12.1 Å². The molecule has 0 radical (unpaired) electrons. The molecule has 124 valence electrons. The van der Waals surface area contributed by atoms with E-state index in [1.807, 2.05) is 0 Å². The molecule has 4 nitrogen and oxygen atoms in total. The van der Waals surface area contributed by atoms with Crippen LogP contribution < -0.4 is 10.3 Å². The molecule has 1 heterocycles. The van der Waals surface area contributed by atoms with Crippen LogP contribution in [0.25, 0.3) is 22.3 Å². The first-order valence-corrected chi connectivity index (χ1v) is 6.49. The monoisotopic (exact) mass is 342 g/mol. The molecule has 0 saturated carbocycles.